The van der Waals surface area contributed by atoms with Gasteiger partial charge in [-0.15, -0.1) is 0 Å². The summed E-state index contributed by atoms with van der Waals surface area (Å²) in [6.45, 7) is 1.87. The third-order valence-corrected chi connectivity index (χ3v) is 4.84. The molecule has 21 heavy (non-hydrogen) atoms. The number of carboxylic acid groups (broad SMARTS) is 1. The van der Waals surface area contributed by atoms with Crippen LogP contribution < -0.4 is 4.74 Å². The number of hydrogen-bond acceptors (Lipinski definition) is 3. The Bertz CT molecular complexity index is 492. The van der Waals surface area contributed by atoms with Crippen molar-refractivity contribution in [1.82, 2.24) is 4.90 Å². The maximum absolute atomic E-state index is 10.8. The third-order valence-electron chi connectivity index (χ3n) is 4.07. The van der Waals surface area contributed by atoms with Gasteiger partial charge in [0.2, 0.25) is 0 Å². The van der Waals surface area contributed by atoms with E-state index >= 15 is 0 Å². The number of carbonyl (C=O) groups is 1. The number of likely N-dealkylation sites (tertiary alicyclic amines) is 1. The second-order valence-corrected chi connectivity index (χ2v) is 6.36. The van der Waals surface area contributed by atoms with Crippen molar-refractivity contribution in [2.45, 2.75) is 44.7 Å². The Morgan fingerprint density at radius 3 is 3.00 bits per heavy atom. The minimum atomic E-state index is -0.705. The summed E-state index contributed by atoms with van der Waals surface area (Å²) < 4.78 is 6.36. The summed E-state index contributed by atoms with van der Waals surface area (Å²) in [6, 6.07) is 6.36. The van der Waals surface area contributed by atoms with E-state index in [1.54, 1.807) is 7.11 Å². The third kappa shape index (κ3) is 4.71. The molecule has 5 heteroatoms. The predicted octanol–water partition coefficient (Wildman–Crippen LogP) is 3.68. The largest absolute Gasteiger partial charge is 0.497 e. The van der Waals surface area contributed by atoms with Crippen molar-refractivity contribution in [3.05, 3.63) is 28.2 Å². The minimum absolute atomic E-state index is 0.250. The second-order valence-electron chi connectivity index (χ2n) is 5.51. The fourth-order valence-corrected chi connectivity index (χ4v) is 3.28. The number of halogens is 1. The van der Waals surface area contributed by atoms with Gasteiger partial charge < -0.3 is 9.84 Å². The average Bonchev–Trinajstić information content (AvgIpc) is 2.48. The summed E-state index contributed by atoms with van der Waals surface area (Å²) in [5.41, 5.74) is 1.19. The molecule has 0 saturated carbocycles. The van der Waals surface area contributed by atoms with Crippen molar-refractivity contribution in [3.8, 4) is 5.75 Å². The standard InChI is InChI=1S/C16H22BrNO3/c1-21-14-6-7-15(17)12(10-14)11-18-9-3-2-4-13(18)5-8-16(19)20/h6-7,10,13H,2-5,8-9,11H2,1H3,(H,19,20). The number of nitrogens with zero attached hydrogens (tertiary/aromatic N) is 1. The smallest absolute Gasteiger partial charge is 0.303 e. The van der Waals surface area contributed by atoms with E-state index in [2.05, 4.69) is 20.8 Å². The normalized spacial score (nSPS) is 19.4. The van der Waals surface area contributed by atoms with Crippen molar-refractivity contribution in [2.24, 2.45) is 0 Å². The molecule has 1 aliphatic heterocycles. The molecule has 1 saturated heterocycles. The average molecular weight is 356 g/mol. The molecule has 0 aromatic heterocycles. The van der Waals surface area contributed by atoms with Crippen molar-refractivity contribution in [1.29, 1.82) is 0 Å². The Morgan fingerprint density at radius 2 is 2.29 bits per heavy atom. The van der Waals surface area contributed by atoms with E-state index in [4.69, 9.17) is 9.84 Å². The molecule has 4 nitrogen and oxygen atoms in total. The zero-order valence-electron chi connectivity index (χ0n) is 12.3. The van der Waals surface area contributed by atoms with Crippen LogP contribution >= 0.6 is 15.9 Å². The maximum atomic E-state index is 10.8. The van der Waals surface area contributed by atoms with Crippen molar-refractivity contribution in [3.63, 3.8) is 0 Å². The highest BCUT2D eigenvalue weighted by molar-refractivity contribution is 9.10. The van der Waals surface area contributed by atoms with Gasteiger partial charge in [0.1, 0.15) is 5.75 Å². The fraction of sp³-hybridized carbons (Fsp3) is 0.562. The molecule has 0 aliphatic carbocycles. The van der Waals surface area contributed by atoms with Crippen LogP contribution in [0.5, 0.6) is 5.75 Å². The molecule has 0 amide bonds. The van der Waals surface area contributed by atoms with Crippen LogP contribution in [0.4, 0.5) is 0 Å². The lowest BCUT2D eigenvalue weighted by atomic mass is 9.97. The van der Waals surface area contributed by atoms with Gasteiger partial charge in [-0.2, -0.15) is 0 Å². The first-order chi connectivity index (χ1) is 10.1. The van der Waals surface area contributed by atoms with Gasteiger partial charge in [-0.25, -0.2) is 0 Å². The van der Waals surface area contributed by atoms with Crippen molar-refractivity contribution >= 4 is 21.9 Å². The zero-order chi connectivity index (χ0) is 15.2. The molecule has 116 valence electrons. The van der Waals surface area contributed by atoms with Gasteiger partial charge in [0.15, 0.2) is 0 Å². The Hall–Kier alpha value is -1.07. The van der Waals surface area contributed by atoms with Gasteiger partial charge in [-0.1, -0.05) is 22.4 Å². The van der Waals surface area contributed by atoms with Crippen LogP contribution in [0.15, 0.2) is 22.7 Å². The molecule has 1 unspecified atom stereocenters. The van der Waals surface area contributed by atoms with Crippen molar-refractivity contribution < 1.29 is 14.6 Å². The zero-order valence-corrected chi connectivity index (χ0v) is 13.9. The van der Waals surface area contributed by atoms with E-state index in [9.17, 15) is 4.79 Å². The van der Waals surface area contributed by atoms with Gasteiger partial charge in [0.05, 0.1) is 7.11 Å². The van der Waals surface area contributed by atoms with E-state index in [0.29, 0.717) is 6.04 Å². The molecule has 1 atom stereocenters. The second kappa shape index (κ2) is 7.80. The van der Waals surface area contributed by atoms with Crippen LogP contribution in [0, 0.1) is 0 Å². The van der Waals surface area contributed by atoms with Crippen LogP contribution in [0.3, 0.4) is 0 Å². The lowest BCUT2D eigenvalue weighted by molar-refractivity contribution is -0.137. The number of hydrogen-bond donors (Lipinski definition) is 1. The van der Waals surface area contributed by atoms with E-state index in [1.807, 2.05) is 18.2 Å². The van der Waals surface area contributed by atoms with E-state index in [-0.39, 0.29) is 6.42 Å². The van der Waals surface area contributed by atoms with Gasteiger partial charge in [-0.05, 0) is 49.6 Å². The first-order valence-electron chi connectivity index (χ1n) is 7.38. The summed E-state index contributed by atoms with van der Waals surface area (Å²) in [5.74, 6) is 0.148. The molecule has 0 bridgehead atoms. The SMILES string of the molecule is COc1ccc(Br)c(CN2CCCCC2CCC(=O)O)c1. The number of piperidine rings is 1. The predicted molar refractivity (Wildman–Crippen MR) is 85.6 cm³/mol. The Balaban J connectivity index is 2.06. The molecule has 1 heterocycles. The molecular formula is C16H22BrNO3. The fourth-order valence-electron chi connectivity index (χ4n) is 2.90. The van der Waals surface area contributed by atoms with Crippen molar-refractivity contribution in [2.75, 3.05) is 13.7 Å². The Labute approximate surface area is 134 Å². The first kappa shape index (κ1) is 16.3. The van der Waals surface area contributed by atoms with Crippen LogP contribution in [-0.4, -0.2) is 35.7 Å². The number of ether oxygens (including phenoxy) is 1. The molecule has 1 aromatic rings. The van der Waals surface area contributed by atoms with E-state index in [1.165, 1.54) is 18.4 Å². The van der Waals surface area contributed by atoms with Crippen LogP contribution in [0.1, 0.15) is 37.7 Å². The minimum Gasteiger partial charge on any atom is -0.497 e. The van der Waals surface area contributed by atoms with Gasteiger partial charge >= 0.3 is 5.97 Å². The highest BCUT2D eigenvalue weighted by Crippen LogP contribution is 2.28. The van der Waals surface area contributed by atoms with Gasteiger partial charge in [0.25, 0.3) is 0 Å². The number of carboxylic acids is 1. The van der Waals surface area contributed by atoms with E-state index < -0.39 is 5.97 Å². The highest BCUT2D eigenvalue weighted by Gasteiger charge is 2.23. The van der Waals surface area contributed by atoms with E-state index in [0.717, 1.165) is 36.2 Å². The van der Waals surface area contributed by atoms with Crippen LogP contribution in [-0.2, 0) is 11.3 Å². The monoisotopic (exact) mass is 355 g/mol. The number of aliphatic carboxylic acids is 1. The molecule has 1 aliphatic rings. The van der Waals surface area contributed by atoms with Crippen LogP contribution in [0.25, 0.3) is 0 Å². The summed E-state index contributed by atoms with van der Waals surface area (Å²) in [5, 5.41) is 8.89. The molecular weight excluding hydrogens is 334 g/mol. The number of rotatable bonds is 6. The maximum Gasteiger partial charge on any atom is 0.303 e. The van der Waals surface area contributed by atoms with Gasteiger partial charge in [-0.3, -0.25) is 9.69 Å². The summed E-state index contributed by atoms with van der Waals surface area (Å²) in [7, 11) is 1.67. The quantitative estimate of drug-likeness (QED) is 0.845. The number of benzene rings is 1. The molecule has 1 fully saturated rings. The van der Waals surface area contributed by atoms with Crippen LogP contribution in [0.2, 0.25) is 0 Å². The summed E-state index contributed by atoms with van der Waals surface area (Å²) in [6.07, 6.45) is 4.46. The molecule has 1 aromatic carbocycles. The summed E-state index contributed by atoms with van der Waals surface area (Å²) in [4.78, 5) is 13.2. The summed E-state index contributed by atoms with van der Waals surface area (Å²) >= 11 is 3.59. The molecule has 0 radical (unpaired) electrons. The lowest BCUT2D eigenvalue weighted by Gasteiger charge is -2.36. The van der Waals surface area contributed by atoms with Gasteiger partial charge in [0, 0.05) is 23.5 Å². The molecule has 0 spiro atoms. The first-order valence-corrected chi connectivity index (χ1v) is 8.17. The molecule has 2 rings (SSSR count). The number of methoxy groups -OCH3 is 1. The topological polar surface area (TPSA) is 49.8 Å². The Kier molecular flexibility index (Phi) is 6.06. The molecule has 1 N–H and O–H groups in total. The highest BCUT2D eigenvalue weighted by atomic mass is 79.9. The lowest BCUT2D eigenvalue weighted by Crippen LogP contribution is -2.39. The Morgan fingerprint density at radius 1 is 1.48 bits per heavy atom.